The van der Waals surface area contributed by atoms with Crippen molar-refractivity contribution in [1.82, 2.24) is 5.32 Å². The van der Waals surface area contributed by atoms with E-state index >= 15 is 0 Å². The summed E-state index contributed by atoms with van der Waals surface area (Å²) in [5, 5.41) is 5.88. The average molecular weight is 280 g/mol. The lowest BCUT2D eigenvalue weighted by molar-refractivity contribution is -0.115. The SMILES string of the molecule is COCC(C)NCC(=O)Nc1ccc2c(c1)OCCO2. The zero-order valence-electron chi connectivity index (χ0n) is 11.8. The monoisotopic (exact) mass is 280 g/mol. The van der Waals surface area contributed by atoms with Crippen molar-refractivity contribution in [2.24, 2.45) is 0 Å². The van der Waals surface area contributed by atoms with Crippen molar-refractivity contribution in [3.8, 4) is 11.5 Å². The molecule has 6 nitrogen and oxygen atoms in total. The number of amides is 1. The first-order valence-electron chi connectivity index (χ1n) is 6.61. The van der Waals surface area contributed by atoms with Gasteiger partial charge in [0, 0.05) is 24.9 Å². The fourth-order valence-corrected chi connectivity index (χ4v) is 1.90. The summed E-state index contributed by atoms with van der Waals surface area (Å²) in [5.74, 6) is 1.26. The maximum atomic E-state index is 11.8. The van der Waals surface area contributed by atoms with Crippen molar-refractivity contribution in [1.29, 1.82) is 0 Å². The van der Waals surface area contributed by atoms with Crippen LogP contribution in [0.5, 0.6) is 11.5 Å². The van der Waals surface area contributed by atoms with E-state index in [2.05, 4.69) is 10.6 Å². The Kier molecular flexibility index (Phi) is 5.20. The second-order valence-electron chi connectivity index (χ2n) is 4.64. The zero-order chi connectivity index (χ0) is 14.4. The Morgan fingerprint density at radius 2 is 2.10 bits per heavy atom. The van der Waals surface area contributed by atoms with Crippen LogP contribution in [0.4, 0.5) is 5.69 Å². The first-order valence-corrected chi connectivity index (χ1v) is 6.61. The van der Waals surface area contributed by atoms with Gasteiger partial charge < -0.3 is 24.8 Å². The van der Waals surface area contributed by atoms with Crippen molar-refractivity contribution >= 4 is 11.6 Å². The molecule has 0 saturated heterocycles. The minimum Gasteiger partial charge on any atom is -0.486 e. The van der Waals surface area contributed by atoms with Crippen LogP contribution in [-0.2, 0) is 9.53 Å². The molecule has 6 heteroatoms. The summed E-state index contributed by atoms with van der Waals surface area (Å²) in [5.41, 5.74) is 0.695. The molecule has 1 aliphatic heterocycles. The van der Waals surface area contributed by atoms with Gasteiger partial charge in [0.1, 0.15) is 13.2 Å². The molecule has 0 radical (unpaired) electrons. The predicted octanol–water partition coefficient (Wildman–Crippen LogP) is 1.02. The molecule has 110 valence electrons. The molecule has 1 atom stereocenters. The van der Waals surface area contributed by atoms with E-state index in [-0.39, 0.29) is 18.5 Å². The van der Waals surface area contributed by atoms with Crippen molar-refractivity contribution in [3.63, 3.8) is 0 Å². The largest absolute Gasteiger partial charge is 0.486 e. The molecular formula is C14H20N2O4. The summed E-state index contributed by atoms with van der Waals surface area (Å²) in [6.45, 7) is 3.84. The molecule has 0 saturated carbocycles. The fraction of sp³-hybridized carbons (Fsp3) is 0.500. The molecule has 1 unspecified atom stereocenters. The average Bonchev–Trinajstić information content (AvgIpc) is 2.45. The quantitative estimate of drug-likeness (QED) is 0.814. The van der Waals surface area contributed by atoms with E-state index < -0.39 is 0 Å². The maximum Gasteiger partial charge on any atom is 0.238 e. The standard InChI is InChI=1S/C14H20N2O4/c1-10(9-18-2)15-8-14(17)16-11-3-4-12-13(7-11)20-6-5-19-12/h3-4,7,10,15H,5-6,8-9H2,1-2H3,(H,16,17). The van der Waals surface area contributed by atoms with E-state index in [1.165, 1.54) is 0 Å². The van der Waals surface area contributed by atoms with Gasteiger partial charge in [-0.3, -0.25) is 4.79 Å². The van der Waals surface area contributed by atoms with Gasteiger partial charge in [-0.1, -0.05) is 0 Å². The van der Waals surface area contributed by atoms with Gasteiger partial charge in [0.05, 0.1) is 13.2 Å². The summed E-state index contributed by atoms with van der Waals surface area (Å²) < 4.78 is 15.9. The van der Waals surface area contributed by atoms with Gasteiger partial charge in [-0.15, -0.1) is 0 Å². The topological polar surface area (TPSA) is 68.8 Å². The van der Waals surface area contributed by atoms with E-state index in [4.69, 9.17) is 14.2 Å². The van der Waals surface area contributed by atoms with Crippen LogP contribution in [0.25, 0.3) is 0 Å². The number of rotatable bonds is 6. The second-order valence-corrected chi connectivity index (χ2v) is 4.64. The highest BCUT2D eigenvalue weighted by Crippen LogP contribution is 2.32. The molecule has 0 fully saturated rings. The van der Waals surface area contributed by atoms with Crippen LogP contribution in [-0.4, -0.2) is 45.4 Å². The van der Waals surface area contributed by atoms with Gasteiger partial charge in [-0.05, 0) is 19.1 Å². The van der Waals surface area contributed by atoms with Crippen LogP contribution >= 0.6 is 0 Å². The highest BCUT2D eigenvalue weighted by Gasteiger charge is 2.13. The van der Waals surface area contributed by atoms with Crippen LogP contribution in [0.1, 0.15) is 6.92 Å². The van der Waals surface area contributed by atoms with Gasteiger partial charge in [0.15, 0.2) is 11.5 Å². The molecule has 1 aromatic carbocycles. The third kappa shape index (κ3) is 4.11. The third-order valence-electron chi connectivity index (χ3n) is 2.85. The molecule has 1 heterocycles. The van der Waals surface area contributed by atoms with Crippen LogP contribution in [0.2, 0.25) is 0 Å². The summed E-state index contributed by atoms with van der Waals surface area (Å²) in [7, 11) is 1.63. The Labute approximate surface area is 118 Å². The van der Waals surface area contributed by atoms with E-state index in [1.807, 2.05) is 6.92 Å². The van der Waals surface area contributed by atoms with Crippen LogP contribution in [0.3, 0.4) is 0 Å². The molecule has 1 amide bonds. The fourth-order valence-electron chi connectivity index (χ4n) is 1.90. The van der Waals surface area contributed by atoms with E-state index in [0.29, 0.717) is 37.0 Å². The minimum atomic E-state index is -0.107. The summed E-state index contributed by atoms with van der Waals surface area (Å²) in [6, 6.07) is 5.49. The van der Waals surface area contributed by atoms with E-state index in [9.17, 15) is 4.79 Å². The first kappa shape index (κ1) is 14.6. The van der Waals surface area contributed by atoms with Crippen molar-refractivity contribution < 1.29 is 19.0 Å². The molecule has 2 rings (SSSR count). The van der Waals surface area contributed by atoms with Crippen LogP contribution < -0.4 is 20.1 Å². The highest BCUT2D eigenvalue weighted by atomic mass is 16.6. The molecule has 1 aromatic rings. The number of anilines is 1. The number of hydrogen-bond acceptors (Lipinski definition) is 5. The van der Waals surface area contributed by atoms with E-state index in [0.717, 1.165) is 0 Å². The smallest absolute Gasteiger partial charge is 0.238 e. The van der Waals surface area contributed by atoms with Crippen molar-refractivity contribution in [2.75, 3.05) is 38.8 Å². The number of ether oxygens (including phenoxy) is 3. The Bertz CT molecular complexity index is 464. The number of benzene rings is 1. The number of nitrogens with one attached hydrogen (secondary N) is 2. The van der Waals surface area contributed by atoms with Crippen LogP contribution in [0.15, 0.2) is 18.2 Å². The van der Waals surface area contributed by atoms with Crippen LogP contribution in [0, 0.1) is 0 Å². The third-order valence-corrected chi connectivity index (χ3v) is 2.85. The normalized spacial score (nSPS) is 14.7. The molecule has 1 aliphatic rings. The van der Waals surface area contributed by atoms with Gasteiger partial charge in [0.25, 0.3) is 0 Å². The highest BCUT2D eigenvalue weighted by molar-refractivity contribution is 5.92. The van der Waals surface area contributed by atoms with Gasteiger partial charge >= 0.3 is 0 Å². The molecule has 20 heavy (non-hydrogen) atoms. The lowest BCUT2D eigenvalue weighted by atomic mass is 10.2. The minimum absolute atomic E-state index is 0.107. The molecule has 0 aromatic heterocycles. The van der Waals surface area contributed by atoms with E-state index in [1.54, 1.807) is 25.3 Å². The van der Waals surface area contributed by atoms with Gasteiger partial charge in [0.2, 0.25) is 5.91 Å². The lowest BCUT2D eigenvalue weighted by Gasteiger charge is -2.19. The zero-order valence-corrected chi connectivity index (χ0v) is 11.8. The number of carbonyl (C=O) groups is 1. The number of carbonyl (C=O) groups excluding carboxylic acids is 1. The summed E-state index contributed by atoms with van der Waals surface area (Å²) in [4.78, 5) is 11.8. The van der Waals surface area contributed by atoms with Gasteiger partial charge in [-0.25, -0.2) is 0 Å². The lowest BCUT2D eigenvalue weighted by Crippen LogP contribution is -2.36. The summed E-state index contributed by atoms with van der Waals surface area (Å²) in [6.07, 6.45) is 0. The molecular weight excluding hydrogens is 260 g/mol. The number of fused-ring (bicyclic) bond motifs is 1. The molecule has 0 spiro atoms. The molecule has 0 bridgehead atoms. The summed E-state index contributed by atoms with van der Waals surface area (Å²) >= 11 is 0. The Morgan fingerprint density at radius 1 is 1.35 bits per heavy atom. The Morgan fingerprint density at radius 3 is 2.85 bits per heavy atom. The first-order chi connectivity index (χ1) is 9.69. The maximum absolute atomic E-state index is 11.8. The molecule has 0 aliphatic carbocycles. The Balaban J connectivity index is 1.85. The van der Waals surface area contributed by atoms with Crippen molar-refractivity contribution in [3.05, 3.63) is 18.2 Å². The number of methoxy groups -OCH3 is 1. The van der Waals surface area contributed by atoms with Gasteiger partial charge in [-0.2, -0.15) is 0 Å². The predicted molar refractivity (Wildman–Crippen MR) is 75.4 cm³/mol. The Hall–Kier alpha value is -1.79. The number of hydrogen-bond donors (Lipinski definition) is 2. The molecule has 2 N–H and O–H groups in total. The van der Waals surface area contributed by atoms with Crippen molar-refractivity contribution in [2.45, 2.75) is 13.0 Å². The second kappa shape index (κ2) is 7.12.